The van der Waals surface area contributed by atoms with Crippen LogP contribution >= 0.6 is 0 Å². The maximum absolute atomic E-state index is 9.30. The van der Waals surface area contributed by atoms with Gasteiger partial charge in [-0.25, -0.2) is 0 Å². The van der Waals surface area contributed by atoms with Crippen LogP contribution in [-0.4, -0.2) is 23.8 Å². The van der Waals surface area contributed by atoms with Crippen LogP contribution in [0.2, 0.25) is 0 Å². The lowest BCUT2D eigenvalue weighted by Gasteiger charge is -2.31. The highest BCUT2D eigenvalue weighted by Crippen LogP contribution is 2.24. The summed E-state index contributed by atoms with van der Waals surface area (Å²) in [7, 11) is 0. The minimum Gasteiger partial charge on any atom is -0.395 e. The molecule has 0 amide bonds. The molecule has 0 unspecified atom stereocenters. The Kier molecular flexibility index (Phi) is 5.62. The van der Waals surface area contributed by atoms with E-state index in [1.54, 1.807) is 0 Å². The Morgan fingerprint density at radius 3 is 2.27 bits per heavy atom. The number of rotatable bonds is 5. The number of nitrogens with one attached hydrogen (secondary N) is 1. The zero-order chi connectivity index (χ0) is 11.3. The van der Waals surface area contributed by atoms with E-state index in [2.05, 4.69) is 26.1 Å². The van der Waals surface area contributed by atoms with Gasteiger partial charge in [-0.3, -0.25) is 0 Å². The summed E-state index contributed by atoms with van der Waals surface area (Å²) < 4.78 is 0. The summed E-state index contributed by atoms with van der Waals surface area (Å²) in [6.07, 6.45) is 6.35. The molecule has 0 aliphatic heterocycles. The highest BCUT2D eigenvalue weighted by Gasteiger charge is 2.20. The maximum Gasteiger partial charge on any atom is 0.0584 e. The van der Waals surface area contributed by atoms with Gasteiger partial charge in [-0.15, -0.1) is 0 Å². The highest BCUT2D eigenvalue weighted by molar-refractivity contribution is 4.79. The Hall–Kier alpha value is -0.0800. The summed E-state index contributed by atoms with van der Waals surface area (Å²) in [4.78, 5) is 0. The third kappa shape index (κ3) is 4.98. The first-order chi connectivity index (χ1) is 7.11. The first kappa shape index (κ1) is 13.0. The maximum atomic E-state index is 9.30. The Balaban J connectivity index is 2.25. The molecule has 0 spiro atoms. The van der Waals surface area contributed by atoms with Crippen molar-refractivity contribution < 1.29 is 5.11 Å². The van der Waals surface area contributed by atoms with Crippen LogP contribution in [0.5, 0.6) is 0 Å². The van der Waals surface area contributed by atoms with Gasteiger partial charge in [0.2, 0.25) is 0 Å². The molecule has 0 bridgehead atoms. The molecule has 1 atom stereocenters. The van der Waals surface area contributed by atoms with Gasteiger partial charge in [0.1, 0.15) is 0 Å². The predicted octanol–water partition coefficient (Wildman–Crippen LogP) is 2.56. The Labute approximate surface area is 94.5 Å². The number of aliphatic hydroxyl groups excluding tert-OH is 1. The standard InChI is InChI=1S/C13H27NO/c1-10(2)8-13(9-15)14-12-6-4-11(3)5-7-12/h10-15H,4-9H2,1-3H3/t11?,12?,13-/m0/s1. The Morgan fingerprint density at radius 2 is 1.80 bits per heavy atom. The van der Waals surface area contributed by atoms with Crippen molar-refractivity contribution in [1.82, 2.24) is 5.32 Å². The fourth-order valence-electron chi connectivity index (χ4n) is 2.52. The first-order valence-electron chi connectivity index (χ1n) is 6.48. The zero-order valence-corrected chi connectivity index (χ0v) is 10.5. The molecule has 90 valence electrons. The largest absolute Gasteiger partial charge is 0.395 e. The number of hydrogen-bond donors (Lipinski definition) is 2. The van der Waals surface area contributed by atoms with Crippen molar-refractivity contribution in [2.45, 2.75) is 65.0 Å². The zero-order valence-electron chi connectivity index (χ0n) is 10.5. The molecule has 0 aromatic carbocycles. The quantitative estimate of drug-likeness (QED) is 0.735. The van der Waals surface area contributed by atoms with Crippen LogP contribution in [0.3, 0.4) is 0 Å². The summed E-state index contributed by atoms with van der Waals surface area (Å²) in [5.74, 6) is 1.57. The van der Waals surface area contributed by atoms with Crippen molar-refractivity contribution >= 4 is 0 Å². The molecule has 1 saturated carbocycles. The summed E-state index contributed by atoms with van der Waals surface area (Å²) in [6, 6.07) is 0.959. The van der Waals surface area contributed by atoms with Gasteiger partial charge >= 0.3 is 0 Å². The van der Waals surface area contributed by atoms with E-state index in [9.17, 15) is 5.11 Å². The van der Waals surface area contributed by atoms with Crippen LogP contribution in [0.4, 0.5) is 0 Å². The Bertz CT molecular complexity index is 162. The van der Waals surface area contributed by atoms with Gasteiger partial charge in [0.25, 0.3) is 0 Å². The van der Waals surface area contributed by atoms with E-state index in [0.29, 0.717) is 18.0 Å². The molecule has 2 N–H and O–H groups in total. The van der Waals surface area contributed by atoms with E-state index in [4.69, 9.17) is 0 Å². The van der Waals surface area contributed by atoms with Crippen molar-refractivity contribution in [3.05, 3.63) is 0 Å². The van der Waals surface area contributed by atoms with Crippen molar-refractivity contribution in [3.63, 3.8) is 0 Å². The third-order valence-corrected chi connectivity index (χ3v) is 3.46. The Morgan fingerprint density at radius 1 is 1.20 bits per heavy atom. The van der Waals surface area contributed by atoms with Gasteiger partial charge in [-0.05, 0) is 43.9 Å². The fraction of sp³-hybridized carbons (Fsp3) is 1.00. The van der Waals surface area contributed by atoms with E-state index in [-0.39, 0.29) is 6.61 Å². The van der Waals surface area contributed by atoms with Gasteiger partial charge < -0.3 is 10.4 Å². The van der Waals surface area contributed by atoms with Crippen LogP contribution in [0.15, 0.2) is 0 Å². The van der Waals surface area contributed by atoms with Crippen molar-refractivity contribution in [1.29, 1.82) is 0 Å². The topological polar surface area (TPSA) is 32.3 Å². The van der Waals surface area contributed by atoms with Gasteiger partial charge in [0.15, 0.2) is 0 Å². The molecule has 0 aromatic heterocycles. The molecule has 15 heavy (non-hydrogen) atoms. The van der Waals surface area contributed by atoms with E-state index in [0.717, 1.165) is 12.3 Å². The van der Waals surface area contributed by atoms with E-state index >= 15 is 0 Å². The van der Waals surface area contributed by atoms with Crippen LogP contribution in [0.1, 0.15) is 52.9 Å². The second-order valence-corrected chi connectivity index (χ2v) is 5.63. The van der Waals surface area contributed by atoms with Gasteiger partial charge in [-0.1, -0.05) is 20.8 Å². The lowest BCUT2D eigenvalue weighted by atomic mass is 9.87. The van der Waals surface area contributed by atoms with Crippen molar-refractivity contribution in [2.75, 3.05) is 6.61 Å². The molecule has 0 heterocycles. The van der Waals surface area contributed by atoms with Gasteiger partial charge in [0.05, 0.1) is 6.61 Å². The second kappa shape index (κ2) is 6.49. The average molecular weight is 213 g/mol. The molecule has 1 fully saturated rings. The molecule has 0 aromatic rings. The SMILES string of the molecule is CC(C)C[C@@H](CO)NC1CCC(C)CC1. The number of hydrogen-bond acceptors (Lipinski definition) is 2. The van der Waals surface area contributed by atoms with Gasteiger partial charge in [-0.2, -0.15) is 0 Å². The van der Waals surface area contributed by atoms with E-state index in [1.165, 1.54) is 25.7 Å². The molecule has 0 saturated heterocycles. The number of aliphatic hydroxyl groups is 1. The molecule has 2 heteroatoms. The van der Waals surface area contributed by atoms with Crippen molar-refractivity contribution in [2.24, 2.45) is 11.8 Å². The monoisotopic (exact) mass is 213 g/mol. The molecular weight excluding hydrogens is 186 g/mol. The molecule has 2 nitrogen and oxygen atoms in total. The van der Waals surface area contributed by atoms with Crippen LogP contribution in [0, 0.1) is 11.8 Å². The molecule has 1 aliphatic carbocycles. The summed E-state index contributed by atoms with van der Waals surface area (Å²) in [5, 5.41) is 12.9. The predicted molar refractivity (Wildman–Crippen MR) is 64.9 cm³/mol. The van der Waals surface area contributed by atoms with Crippen LogP contribution in [0.25, 0.3) is 0 Å². The van der Waals surface area contributed by atoms with Crippen molar-refractivity contribution in [3.8, 4) is 0 Å². The van der Waals surface area contributed by atoms with Crippen LogP contribution < -0.4 is 5.32 Å². The molecule has 1 rings (SSSR count). The normalized spacial score (nSPS) is 29.4. The molecular formula is C13H27NO. The minimum absolute atomic E-state index is 0.282. The lowest BCUT2D eigenvalue weighted by Crippen LogP contribution is -2.42. The minimum atomic E-state index is 0.282. The first-order valence-corrected chi connectivity index (χ1v) is 6.48. The smallest absolute Gasteiger partial charge is 0.0584 e. The highest BCUT2D eigenvalue weighted by atomic mass is 16.3. The van der Waals surface area contributed by atoms with Crippen LogP contribution in [-0.2, 0) is 0 Å². The molecule has 1 aliphatic rings. The van der Waals surface area contributed by atoms with E-state index < -0.39 is 0 Å². The summed E-state index contributed by atoms with van der Waals surface area (Å²) >= 11 is 0. The average Bonchev–Trinajstić information content (AvgIpc) is 2.19. The third-order valence-electron chi connectivity index (χ3n) is 3.46. The summed E-state index contributed by atoms with van der Waals surface area (Å²) in [5.41, 5.74) is 0. The van der Waals surface area contributed by atoms with E-state index in [1.807, 2.05) is 0 Å². The van der Waals surface area contributed by atoms with Gasteiger partial charge in [0, 0.05) is 12.1 Å². The lowest BCUT2D eigenvalue weighted by molar-refractivity contribution is 0.194. The fourth-order valence-corrected chi connectivity index (χ4v) is 2.52. The molecule has 0 radical (unpaired) electrons. The summed E-state index contributed by atoms with van der Waals surface area (Å²) in [6.45, 7) is 7.05. The second-order valence-electron chi connectivity index (χ2n) is 5.63.